The molecule has 2 atom stereocenters. The normalized spacial score (nSPS) is 13.2. The second kappa shape index (κ2) is 7.64. The number of hydrogen-bond donors (Lipinski definition) is 1. The van der Waals surface area contributed by atoms with Gasteiger partial charge in [-0.15, -0.1) is 0 Å². The fourth-order valence-corrected chi connectivity index (χ4v) is 2.07. The maximum atomic E-state index is 11.9. The van der Waals surface area contributed by atoms with Crippen molar-refractivity contribution in [2.24, 2.45) is 5.92 Å². The second-order valence-corrected chi connectivity index (χ2v) is 5.52. The molecule has 0 bridgehead atoms. The predicted molar refractivity (Wildman–Crippen MR) is 89.0 cm³/mol. The van der Waals surface area contributed by atoms with Crippen molar-refractivity contribution >= 4 is 5.91 Å². The molecule has 0 saturated heterocycles. The van der Waals surface area contributed by atoms with Crippen molar-refractivity contribution in [2.75, 3.05) is 0 Å². The van der Waals surface area contributed by atoms with Crippen LogP contribution in [0.1, 0.15) is 38.8 Å². The van der Waals surface area contributed by atoms with Crippen molar-refractivity contribution in [1.82, 2.24) is 5.32 Å². The average molecular weight is 297 g/mol. The molecule has 2 aromatic carbocycles. The average Bonchev–Trinajstić information content (AvgIpc) is 2.55. The lowest BCUT2D eigenvalue weighted by Gasteiger charge is -2.17. The smallest absolute Gasteiger partial charge is 0.223 e. The van der Waals surface area contributed by atoms with Crippen LogP contribution in [-0.2, 0) is 4.79 Å². The fourth-order valence-electron chi connectivity index (χ4n) is 2.07. The van der Waals surface area contributed by atoms with Gasteiger partial charge >= 0.3 is 0 Å². The molecule has 1 amide bonds. The Balaban J connectivity index is 1.98. The summed E-state index contributed by atoms with van der Waals surface area (Å²) in [6.45, 7) is 5.96. The van der Waals surface area contributed by atoms with E-state index in [0.717, 1.165) is 23.5 Å². The number of amides is 1. The third-order valence-corrected chi connectivity index (χ3v) is 3.78. The summed E-state index contributed by atoms with van der Waals surface area (Å²) in [5.74, 6) is 1.74. The van der Waals surface area contributed by atoms with Gasteiger partial charge in [0, 0.05) is 5.92 Å². The lowest BCUT2D eigenvalue weighted by Crippen LogP contribution is -2.31. The Morgan fingerprint density at radius 1 is 1.00 bits per heavy atom. The zero-order chi connectivity index (χ0) is 15.9. The van der Waals surface area contributed by atoms with E-state index in [0.29, 0.717) is 0 Å². The Morgan fingerprint density at radius 3 is 2.18 bits per heavy atom. The van der Waals surface area contributed by atoms with Crippen LogP contribution in [0.2, 0.25) is 0 Å². The molecule has 0 heterocycles. The van der Waals surface area contributed by atoms with Gasteiger partial charge in [-0.2, -0.15) is 0 Å². The van der Waals surface area contributed by atoms with Crippen LogP contribution in [0.25, 0.3) is 0 Å². The molecule has 0 radical (unpaired) electrons. The number of benzene rings is 2. The first-order valence-corrected chi connectivity index (χ1v) is 7.73. The number of hydrogen-bond acceptors (Lipinski definition) is 2. The molecule has 22 heavy (non-hydrogen) atoms. The summed E-state index contributed by atoms with van der Waals surface area (Å²) in [5, 5.41) is 3.04. The summed E-state index contributed by atoms with van der Waals surface area (Å²) in [7, 11) is 0. The van der Waals surface area contributed by atoms with Crippen molar-refractivity contribution in [3.8, 4) is 11.5 Å². The molecule has 0 fully saturated rings. The van der Waals surface area contributed by atoms with Crippen LogP contribution in [0, 0.1) is 5.92 Å². The highest BCUT2D eigenvalue weighted by atomic mass is 16.5. The Bertz CT molecular complexity index is 593. The maximum Gasteiger partial charge on any atom is 0.223 e. The van der Waals surface area contributed by atoms with Gasteiger partial charge < -0.3 is 10.1 Å². The molecule has 3 nitrogen and oxygen atoms in total. The van der Waals surface area contributed by atoms with Gasteiger partial charge in [-0.1, -0.05) is 44.2 Å². The number of nitrogens with one attached hydrogen (secondary N) is 1. The molecule has 116 valence electrons. The standard InChI is InChI=1S/C19H23NO2/c1-4-14(2)19(21)20-15(3)16-10-12-18(13-11-16)22-17-8-6-5-7-9-17/h5-15H,4H2,1-3H3,(H,20,21)/t14-,15-/m1/s1. The van der Waals surface area contributed by atoms with E-state index in [4.69, 9.17) is 4.74 Å². The van der Waals surface area contributed by atoms with Gasteiger partial charge in [0.1, 0.15) is 11.5 Å². The molecular weight excluding hydrogens is 274 g/mol. The lowest BCUT2D eigenvalue weighted by molar-refractivity contribution is -0.125. The van der Waals surface area contributed by atoms with E-state index in [2.05, 4.69) is 5.32 Å². The molecule has 2 aromatic rings. The summed E-state index contributed by atoms with van der Waals surface area (Å²) in [4.78, 5) is 11.9. The maximum absolute atomic E-state index is 11.9. The first kappa shape index (κ1) is 16.1. The monoisotopic (exact) mass is 297 g/mol. The zero-order valence-electron chi connectivity index (χ0n) is 13.4. The van der Waals surface area contributed by atoms with Crippen LogP contribution >= 0.6 is 0 Å². The van der Waals surface area contributed by atoms with E-state index in [9.17, 15) is 4.79 Å². The highest BCUT2D eigenvalue weighted by Crippen LogP contribution is 2.23. The molecule has 0 aliphatic carbocycles. The molecular formula is C19H23NO2. The summed E-state index contributed by atoms with van der Waals surface area (Å²) >= 11 is 0. The molecule has 0 spiro atoms. The molecule has 1 N–H and O–H groups in total. The van der Waals surface area contributed by atoms with Crippen molar-refractivity contribution in [2.45, 2.75) is 33.2 Å². The topological polar surface area (TPSA) is 38.3 Å². The van der Waals surface area contributed by atoms with Crippen molar-refractivity contribution < 1.29 is 9.53 Å². The molecule has 0 aliphatic heterocycles. The molecule has 0 aliphatic rings. The van der Waals surface area contributed by atoms with E-state index in [1.807, 2.05) is 75.4 Å². The molecule has 2 rings (SSSR count). The minimum absolute atomic E-state index is 0.00715. The Labute approximate surface area is 132 Å². The first-order chi connectivity index (χ1) is 10.6. The number of carbonyl (C=O) groups is 1. The van der Waals surface area contributed by atoms with Crippen LogP contribution in [0.5, 0.6) is 11.5 Å². The highest BCUT2D eigenvalue weighted by Gasteiger charge is 2.14. The van der Waals surface area contributed by atoms with Gasteiger partial charge in [0.15, 0.2) is 0 Å². The van der Waals surface area contributed by atoms with Crippen molar-refractivity contribution in [1.29, 1.82) is 0 Å². The van der Waals surface area contributed by atoms with E-state index < -0.39 is 0 Å². The summed E-state index contributed by atoms with van der Waals surface area (Å²) < 4.78 is 5.76. The lowest BCUT2D eigenvalue weighted by atomic mass is 10.1. The molecule has 0 unspecified atom stereocenters. The quantitative estimate of drug-likeness (QED) is 0.839. The highest BCUT2D eigenvalue weighted by molar-refractivity contribution is 5.78. The van der Waals surface area contributed by atoms with Gasteiger partial charge in [0.25, 0.3) is 0 Å². The third-order valence-electron chi connectivity index (χ3n) is 3.78. The third kappa shape index (κ3) is 4.35. The van der Waals surface area contributed by atoms with Crippen molar-refractivity contribution in [3.63, 3.8) is 0 Å². The number of para-hydroxylation sites is 1. The van der Waals surface area contributed by atoms with Gasteiger partial charge in [0.05, 0.1) is 6.04 Å². The Hall–Kier alpha value is -2.29. The van der Waals surface area contributed by atoms with Crippen LogP contribution < -0.4 is 10.1 Å². The Morgan fingerprint density at radius 2 is 1.59 bits per heavy atom. The van der Waals surface area contributed by atoms with Crippen LogP contribution in [0.3, 0.4) is 0 Å². The predicted octanol–water partition coefficient (Wildman–Crippen LogP) is 4.70. The summed E-state index contributed by atoms with van der Waals surface area (Å²) in [5.41, 5.74) is 1.07. The van der Waals surface area contributed by atoms with Crippen LogP contribution in [0.4, 0.5) is 0 Å². The van der Waals surface area contributed by atoms with Gasteiger partial charge in [-0.25, -0.2) is 0 Å². The largest absolute Gasteiger partial charge is 0.457 e. The minimum Gasteiger partial charge on any atom is -0.457 e. The minimum atomic E-state index is -0.00715. The SMILES string of the molecule is CC[C@@H](C)C(=O)N[C@H](C)c1ccc(Oc2ccccc2)cc1. The van der Waals surface area contributed by atoms with Crippen LogP contribution in [0.15, 0.2) is 54.6 Å². The zero-order valence-corrected chi connectivity index (χ0v) is 13.4. The first-order valence-electron chi connectivity index (χ1n) is 7.73. The summed E-state index contributed by atoms with van der Waals surface area (Å²) in [6, 6.07) is 17.5. The summed E-state index contributed by atoms with van der Waals surface area (Å²) in [6.07, 6.45) is 0.850. The number of ether oxygens (including phenoxy) is 1. The van der Waals surface area contributed by atoms with Crippen LogP contribution in [-0.4, -0.2) is 5.91 Å². The Kier molecular flexibility index (Phi) is 5.59. The van der Waals surface area contributed by atoms with Crippen molar-refractivity contribution in [3.05, 3.63) is 60.2 Å². The van der Waals surface area contributed by atoms with E-state index >= 15 is 0 Å². The van der Waals surface area contributed by atoms with Gasteiger partial charge in [-0.05, 0) is 43.2 Å². The van der Waals surface area contributed by atoms with Gasteiger partial charge in [0.2, 0.25) is 5.91 Å². The fraction of sp³-hybridized carbons (Fsp3) is 0.316. The van der Waals surface area contributed by atoms with E-state index in [1.54, 1.807) is 0 Å². The van der Waals surface area contributed by atoms with Gasteiger partial charge in [-0.3, -0.25) is 4.79 Å². The second-order valence-electron chi connectivity index (χ2n) is 5.52. The molecule has 0 saturated carbocycles. The molecule has 0 aromatic heterocycles. The molecule has 3 heteroatoms. The van der Waals surface area contributed by atoms with E-state index in [-0.39, 0.29) is 17.9 Å². The van der Waals surface area contributed by atoms with E-state index in [1.165, 1.54) is 0 Å². The number of carbonyl (C=O) groups excluding carboxylic acids is 1. The number of rotatable bonds is 6.